The number of carbonyl (C=O) groups excluding carboxylic acids is 2. The molecule has 170 valence electrons. The van der Waals surface area contributed by atoms with Crippen LogP contribution in [-0.4, -0.2) is 79.3 Å². The predicted molar refractivity (Wildman–Crippen MR) is 124 cm³/mol. The fraction of sp³-hybridized carbons (Fsp3) is 0.545. The first-order valence-electron chi connectivity index (χ1n) is 11.2. The summed E-state index contributed by atoms with van der Waals surface area (Å²) in [6.07, 6.45) is 3.21. The molecule has 2 amide bonds. The predicted octanol–water partition coefficient (Wildman–Crippen LogP) is 1.99. The van der Waals surface area contributed by atoms with Gasteiger partial charge < -0.3 is 19.4 Å². The van der Waals surface area contributed by atoms with Crippen LogP contribution in [0.4, 0.5) is 16.0 Å². The zero-order valence-corrected chi connectivity index (χ0v) is 19.1. The van der Waals surface area contributed by atoms with Crippen LogP contribution < -0.4 is 19.4 Å². The Balaban J connectivity index is 1.23. The van der Waals surface area contributed by atoms with E-state index in [9.17, 15) is 9.59 Å². The lowest BCUT2D eigenvalue weighted by molar-refractivity contribution is -0.132. The maximum Gasteiger partial charge on any atom is 0.245 e. The number of piperazine rings is 1. The molecule has 0 radical (unpaired) electrons. The average Bonchev–Trinajstić information content (AvgIpc) is 3.59. The minimum absolute atomic E-state index is 0.107. The van der Waals surface area contributed by atoms with Gasteiger partial charge in [-0.3, -0.25) is 14.5 Å². The molecule has 3 aliphatic heterocycles. The number of methoxy groups -OCH3 is 1. The Kier molecular flexibility index (Phi) is 5.86. The first-order valence-corrected chi connectivity index (χ1v) is 12.0. The van der Waals surface area contributed by atoms with Crippen molar-refractivity contribution >= 4 is 39.1 Å². The molecule has 1 atom stereocenters. The Hall–Kier alpha value is -2.88. The van der Waals surface area contributed by atoms with Gasteiger partial charge in [0.25, 0.3) is 0 Å². The number of nitrogens with zero attached hydrogens (tertiary/aromatic N) is 6. The van der Waals surface area contributed by atoms with Gasteiger partial charge in [0, 0.05) is 57.4 Å². The lowest BCUT2D eigenvalue weighted by Crippen LogP contribution is -2.53. The smallest absolute Gasteiger partial charge is 0.245 e. The van der Waals surface area contributed by atoms with E-state index in [1.165, 1.54) is 11.3 Å². The fourth-order valence-electron chi connectivity index (χ4n) is 4.74. The third-order valence-electron chi connectivity index (χ3n) is 6.50. The summed E-state index contributed by atoms with van der Waals surface area (Å²) < 4.78 is 5.34. The second-order valence-corrected chi connectivity index (χ2v) is 9.32. The van der Waals surface area contributed by atoms with Gasteiger partial charge in [0.15, 0.2) is 0 Å². The van der Waals surface area contributed by atoms with Crippen LogP contribution in [0.3, 0.4) is 0 Å². The second kappa shape index (κ2) is 8.93. The number of anilines is 3. The molecule has 0 unspecified atom stereocenters. The molecule has 0 aliphatic carbocycles. The molecule has 0 spiro atoms. The number of benzene rings is 1. The Bertz CT molecular complexity index is 990. The molecule has 2 aromatic rings. The van der Waals surface area contributed by atoms with Crippen LogP contribution in [0.1, 0.15) is 25.7 Å². The summed E-state index contributed by atoms with van der Waals surface area (Å²) in [4.78, 5) is 33.5. The van der Waals surface area contributed by atoms with E-state index in [0.29, 0.717) is 31.2 Å². The normalized spacial score (nSPS) is 21.5. The summed E-state index contributed by atoms with van der Waals surface area (Å²) in [6, 6.07) is 7.85. The van der Waals surface area contributed by atoms with Crippen LogP contribution in [0, 0.1) is 0 Å². The van der Waals surface area contributed by atoms with Gasteiger partial charge in [-0.05, 0) is 31.4 Å². The molecule has 9 nitrogen and oxygen atoms in total. The molecule has 0 saturated carbocycles. The van der Waals surface area contributed by atoms with Gasteiger partial charge in [-0.25, -0.2) is 0 Å². The topological polar surface area (TPSA) is 82.1 Å². The number of rotatable bonds is 5. The van der Waals surface area contributed by atoms with Crippen molar-refractivity contribution in [2.24, 2.45) is 0 Å². The largest absolute Gasteiger partial charge is 0.497 e. The van der Waals surface area contributed by atoms with Crippen LogP contribution in [0.25, 0.3) is 0 Å². The lowest BCUT2D eigenvalue weighted by atomic mass is 10.1. The van der Waals surface area contributed by atoms with E-state index in [0.717, 1.165) is 55.5 Å². The summed E-state index contributed by atoms with van der Waals surface area (Å²) >= 11 is 1.42. The van der Waals surface area contributed by atoms with Crippen molar-refractivity contribution in [3.05, 3.63) is 24.3 Å². The van der Waals surface area contributed by atoms with Gasteiger partial charge in [0.05, 0.1) is 7.11 Å². The van der Waals surface area contributed by atoms with Crippen molar-refractivity contribution in [3.8, 4) is 5.75 Å². The maximum absolute atomic E-state index is 13.4. The Morgan fingerprint density at radius 2 is 1.88 bits per heavy atom. The molecule has 1 aromatic heterocycles. The van der Waals surface area contributed by atoms with E-state index < -0.39 is 0 Å². The highest BCUT2D eigenvalue weighted by molar-refractivity contribution is 7.19. The number of hydrogen-bond acceptors (Lipinski definition) is 8. The third kappa shape index (κ3) is 3.99. The Morgan fingerprint density at radius 3 is 2.62 bits per heavy atom. The minimum Gasteiger partial charge on any atom is -0.497 e. The third-order valence-corrected chi connectivity index (χ3v) is 7.48. The van der Waals surface area contributed by atoms with Gasteiger partial charge in [-0.15, -0.1) is 10.2 Å². The molecule has 3 fully saturated rings. The molecule has 0 bridgehead atoms. The molecule has 3 saturated heterocycles. The fourth-order valence-corrected chi connectivity index (χ4v) is 5.70. The van der Waals surface area contributed by atoms with Gasteiger partial charge in [0.2, 0.25) is 22.1 Å². The van der Waals surface area contributed by atoms with Crippen LogP contribution in [0.15, 0.2) is 24.3 Å². The first kappa shape index (κ1) is 21.0. The Labute approximate surface area is 191 Å². The second-order valence-electron chi connectivity index (χ2n) is 8.38. The summed E-state index contributed by atoms with van der Waals surface area (Å²) in [7, 11) is 1.67. The number of amides is 2. The van der Waals surface area contributed by atoms with Gasteiger partial charge in [0.1, 0.15) is 11.8 Å². The molecular formula is C22H28N6O3S. The van der Waals surface area contributed by atoms with Crippen LogP contribution in [0.2, 0.25) is 0 Å². The lowest BCUT2D eigenvalue weighted by Gasteiger charge is -2.38. The summed E-state index contributed by atoms with van der Waals surface area (Å²) in [5.41, 5.74) is 1.12. The van der Waals surface area contributed by atoms with E-state index in [4.69, 9.17) is 4.74 Å². The highest BCUT2D eigenvalue weighted by atomic mass is 32.1. The summed E-state index contributed by atoms with van der Waals surface area (Å²) in [5, 5.41) is 9.97. The molecular weight excluding hydrogens is 428 g/mol. The van der Waals surface area contributed by atoms with Gasteiger partial charge in [-0.1, -0.05) is 17.4 Å². The van der Waals surface area contributed by atoms with Crippen molar-refractivity contribution < 1.29 is 14.3 Å². The van der Waals surface area contributed by atoms with E-state index in [1.54, 1.807) is 12.0 Å². The van der Waals surface area contributed by atoms with Crippen molar-refractivity contribution in [2.75, 3.05) is 61.1 Å². The summed E-state index contributed by atoms with van der Waals surface area (Å²) in [5.74, 6) is 1.12. The number of carbonyl (C=O) groups is 2. The highest BCUT2D eigenvalue weighted by Crippen LogP contribution is 2.34. The standard InChI is InChI=1S/C22H28N6O3S/c1-31-17-6-2-5-16(15-17)25-11-13-26(14-12-25)20(30)18-7-3-9-27(18)21-23-24-22(32-21)28-10-4-8-19(28)29/h2,5-6,15,18H,3-4,7-14H2,1H3/t18-/m1/s1. The number of hydrogen-bond donors (Lipinski definition) is 0. The molecule has 4 heterocycles. The van der Waals surface area contributed by atoms with Gasteiger partial charge >= 0.3 is 0 Å². The van der Waals surface area contributed by atoms with Crippen LogP contribution in [0.5, 0.6) is 5.75 Å². The Morgan fingerprint density at radius 1 is 1.06 bits per heavy atom. The van der Waals surface area contributed by atoms with Gasteiger partial charge in [-0.2, -0.15) is 0 Å². The van der Waals surface area contributed by atoms with Crippen molar-refractivity contribution in [2.45, 2.75) is 31.7 Å². The zero-order chi connectivity index (χ0) is 22.1. The quantitative estimate of drug-likeness (QED) is 0.681. The zero-order valence-electron chi connectivity index (χ0n) is 18.3. The van der Waals surface area contributed by atoms with Crippen molar-refractivity contribution in [1.82, 2.24) is 15.1 Å². The summed E-state index contributed by atoms with van der Waals surface area (Å²) in [6.45, 7) is 4.49. The van der Waals surface area contributed by atoms with E-state index in [-0.39, 0.29) is 17.9 Å². The van der Waals surface area contributed by atoms with E-state index in [2.05, 4.69) is 26.1 Å². The highest BCUT2D eigenvalue weighted by Gasteiger charge is 2.37. The molecule has 1 aromatic carbocycles. The maximum atomic E-state index is 13.4. The SMILES string of the molecule is COc1cccc(N2CCN(C(=O)[C@H]3CCCN3c3nnc(N4CCCC4=O)s3)CC2)c1. The van der Waals surface area contributed by atoms with Crippen LogP contribution in [-0.2, 0) is 9.59 Å². The molecule has 5 rings (SSSR count). The average molecular weight is 457 g/mol. The van der Waals surface area contributed by atoms with E-state index >= 15 is 0 Å². The minimum atomic E-state index is -0.201. The van der Waals surface area contributed by atoms with Crippen LogP contribution >= 0.6 is 11.3 Å². The molecule has 3 aliphatic rings. The molecule has 32 heavy (non-hydrogen) atoms. The first-order chi connectivity index (χ1) is 15.6. The van der Waals surface area contributed by atoms with E-state index in [1.807, 2.05) is 23.1 Å². The number of aromatic nitrogens is 2. The molecule has 10 heteroatoms. The molecule has 0 N–H and O–H groups in total. The van der Waals surface area contributed by atoms with Crippen molar-refractivity contribution in [1.29, 1.82) is 0 Å². The van der Waals surface area contributed by atoms with Crippen molar-refractivity contribution in [3.63, 3.8) is 0 Å². The monoisotopic (exact) mass is 456 g/mol. The number of ether oxygens (including phenoxy) is 1.